The Morgan fingerprint density at radius 3 is 2.32 bits per heavy atom. The van der Waals surface area contributed by atoms with Gasteiger partial charge in [-0.15, -0.1) is 21.5 Å². The van der Waals surface area contributed by atoms with Gasteiger partial charge in [-0.1, -0.05) is 60.3 Å². The minimum atomic E-state index is -0.231. The molecule has 1 N–H and O–H groups in total. The van der Waals surface area contributed by atoms with E-state index in [2.05, 4.69) is 27.6 Å². The van der Waals surface area contributed by atoms with Crippen LogP contribution < -0.4 is 14.8 Å². The average Bonchev–Trinajstić information content (AvgIpc) is 3.90. The zero-order valence-corrected chi connectivity index (χ0v) is 27.7. The number of hydrazone groups is 1. The van der Waals surface area contributed by atoms with Crippen molar-refractivity contribution in [2.75, 3.05) is 20.0 Å². The first kappa shape index (κ1) is 32.0. The van der Waals surface area contributed by atoms with Crippen LogP contribution in [0.5, 0.6) is 11.5 Å². The summed E-state index contributed by atoms with van der Waals surface area (Å²) in [5, 5.41) is 20.8. The van der Waals surface area contributed by atoms with E-state index in [1.54, 1.807) is 54.8 Å². The van der Waals surface area contributed by atoms with Crippen molar-refractivity contribution >= 4 is 40.6 Å². The average molecular weight is 667 g/mol. The number of carbonyl (C=O) groups excluding carboxylic acids is 2. The molecule has 0 unspecified atom stereocenters. The standard InChI is InChI=1S/C35H34N6O4S2/c1-44-27-14-10-25(11-15-27)30-21-29(31-9-6-20-46-31)39-41(30)33(42)23-47-35-38-37-32(40(35)19-18-24-7-4-3-5-8-24)22-36-34(43)26-12-16-28(45-2)17-13-26/h3-17,20,30H,18-19,21-23H2,1-2H3,(H,36,43)/t30-/m1/s1. The first-order valence-corrected chi connectivity index (χ1v) is 17.0. The van der Waals surface area contributed by atoms with E-state index in [1.165, 1.54) is 11.8 Å². The number of ether oxygens (including phenoxy) is 2. The van der Waals surface area contributed by atoms with Gasteiger partial charge in [0.25, 0.3) is 11.8 Å². The lowest BCUT2D eigenvalue weighted by Crippen LogP contribution is -2.28. The van der Waals surface area contributed by atoms with Gasteiger partial charge in [0.2, 0.25) is 0 Å². The second-order valence-electron chi connectivity index (χ2n) is 10.7. The summed E-state index contributed by atoms with van der Waals surface area (Å²) in [5.41, 5.74) is 3.55. The maximum Gasteiger partial charge on any atom is 0.253 e. The van der Waals surface area contributed by atoms with Gasteiger partial charge in [0.1, 0.15) is 11.5 Å². The summed E-state index contributed by atoms with van der Waals surface area (Å²) in [6, 6.07) is 28.6. The van der Waals surface area contributed by atoms with Crippen molar-refractivity contribution in [3.63, 3.8) is 0 Å². The zero-order chi connectivity index (χ0) is 32.6. The number of hydrogen-bond donors (Lipinski definition) is 1. The summed E-state index contributed by atoms with van der Waals surface area (Å²) in [5.74, 6) is 1.80. The lowest BCUT2D eigenvalue weighted by molar-refractivity contribution is -0.130. The molecule has 1 aliphatic heterocycles. The fraction of sp³-hybridized carbons (Fsp3) is 0.229. The number of thiophene rings is 1. The van der Waals surface area contributed by atoms with Crippen LogP contribution in [-0.2, 0) is 24.3 Å². The highest BCUT2D eigenvalue weighted by molar-refractivity contribution is 7.99. The quantitative estimate of drug-likeness (QED) is 0.154. The van der Waals surface area contributed by atoms with Gasteiger partial charge in [0, 0.05) is 18.5 Å². The first-order chi connectivity index (χ1) is 23.0. The van der Waals surface area contributed by atoms with Crippen LogP contribution in [-0.4, -0.2) is 57.3 Å². The number of amides is 2. The van der Waals surface area contributed by atoms with Crippen molar-refractivity contribution in [3.8, 4) is 11.5 Å². The predicted molar refractivity (Wildman–Crippen MR) is 183 cm³/mol. The number of methoxy groups -OCH3 is 2. The molecule has 5 aromatic rings. The fourth-order valence-corrected chi connectivity index (χ4v) is 6.84. The van der Waals surface area contributed by atoms with Gasteiger partial charge in [-0.2, -0.15) is 5.10 Å². The van der Waals surface area contributed by atoms with Crippen molar-refractivity contribution in [3.05, 3.63) is 124 Å². The summed E-state index contributed by atoms with van der Waals surface area (Å²) in [6.45, 7) is 0.765. The molecule has 0 saturated heterocycles. The van der Waals surface area contributed by atoms with E-state index in [4.69, 9.17) is 14.6 Å². The maximum atomic E-state index is 13.8. The minimum Gasteiger partial charge on any atom is -0.497 e. The van der Waals surface area contributed by atoms with Crippen LogP contribution in [0.4, 0.5) is 0 Å². The Balaban J connectivity index is 1.19. The number of nitrogens with one attached hydrogen (secondary N) is 1. The summed E-state index contributed by atoms with van der Waals surface area (Å²) in [7, 11) is 3.22. The summed E-state index contributed by atoms with van der Waals surface area (Å²) >= 11 is 2.93. The van der Waals surface area contributed by atoms with Crippen LogP contribution in [0.3, 0.4) is 0 Å². The van der Waals surface area contributed by atoms with Crippen LogP contribution in [0.25, 0.3) is 0 Å². The van der Waals surface area contributed by atoms with E-state index in [1.807, 2.05) is 64.5 Å². The largest absolute Gasteiger partial charge is 0.497 e. The molecule has 1 atom stereocenters. The Morgan fingerprint density at radius 1 is 0.915 bits per heavy atom. The zero-order valence-electron chi connectivity index (χ0n) is 26.0. The molecule has 0 aliphatic carbocycles. The van der Waals surface area contributed by atoms with E-state index in [-0.39, 0.29) is 30.2 Å². The van der Waals surface area contributed by atoms with Gasteiger partial charge in [-0.05, 0) is 65.4 Å². The third-order valence-electron chi connectivity index (χ3n) is 7.82. The minimum absolute atomic E-state index is 0.121. The number of rotatable bonds is 13. The lowest BCUT2D eigenvalue weighted by Gasteiger charge is -2.22. The third kappa shape index (κ3) is 7.72. The normalized spacial score (nSPS) is 14.1. The second-order valence-corrected chi connectivity index (χ2v) is 12.6. The van der Waals surface area contributed by atoms with Crippen LogP contribution >= 0.6 is 23.1 Å². The smallest absolute Gasteiger partial charge is 0.253 e. The second kappa shape index (κ2) is 15.1. The number of thioether (sulfide) groups is 1. The predicted octanol–water partition coefficient (Wildman–Crippen LogP) is 6.00. The number of benzene rings is 3. The Kier molecular flexibility index (Phi) is 10.3. The Hall–Kier alpha value is -4.94. The van der Waals surface area contributed by atoms with Crippen molar-refractivity contribution in [1.29, 1.82) is 0 Å². The molecule has 0 saturated carbocycles. The van der Waals surface area contributed by atoms with Crippen molar-refractivity contribution in [2.45, 2.75) is 37.1 Å². The summed E-state index contributed by atoms with van der Waals surface area (Å²) < 4.78 is 12.5. The first-order valence-electron chi connectivity index (χ1n) is 15.1. The van der Waals surface area contributed by atoms with E-state index in [0.717, 1.165) is 33.9 Å². The fourth-order valence-electron chi connectivity index (χ4n) is 5.28. The van der Waals surface area contributed by atoms with E-state index >= 15 is 0 Å². The molecular formula is C35H34N6O4S2. The number of aryl methyl sites for hydroxylation is 1. The highest BCUT2D eigenvalue weighted by atomic mass is 32.2. The van der Waals surface area contributed by atoms with Crippen LogP contribution in [0.2, 0.25) is 0 Å². The topological polar surface area (TPSA) is 111 Å². The molecule has 12 heteroatoms. The molecular weight excluding hydrogens is 633 g/mol. The highest BCUT2D eigenvalue weighted by Crippen LogP contribution is 2.35. The number of aromatic nitrogens is 3. The van der Waals surface area contributed by atoms with Crippen molar-refractivity contribution < 1.29 is 19.1 Å². The van der Waals surface area contributed by atoms with Crippen molar-refractivity contribution in [1.82, 2.24) is 25.1 Å². The van der Waals surface area contributed by atoms with Crippen LogP contribution in [0.1, 0.15) is 44.6 Å². The van der Waals surface area contributed by atoms with Crippen LogP contribution in [0, 0.1) is 0 Å². The number of nitrogens with zero attached hydrogens (tertiary/aromatic N) is 5. The van der Waals surface area contributed by atoms with Crippen molar-refractivity contribution in [2.24, 2.45) is 5.10 Å². The Labute approximate surface area is 281 Å². The summed E-state index contributed by atoms with van der Waals surface area (Å²) in [4.78, 5) is 27.7. The monoisotopic (exact) mass is 666 g/mol. The molecule has 3 heterocycles. The molecule has 6 rings (SSSR count). The van der Waals surface area contributed by atoms with Gasteiger partial charge in [-0.3, -0.25) is 9.59 Å². The van der Waals surface area contributed by atoms with Gasteiger partial charge in [-0.25, -0.2) is 5.01 Å². The Morgan fingerprint density at radius 2 is 1.64 bits per heavy atom. The molecule has 2 amide bonds. The third-order valence-corrected chi connectivity index (χ3v) is 9.69. The molecule has 0 fully saturated rings. The molecule has 2 aromatic heterocycles. The van der Waals surface area contributed by atoms with E-state index < -0.39 is 0 Å². The highest BCUT2D eigenvalue weighted by Gasteiger charge is 2.33. The molecule has 47 heavy (non-hydrogen) atoms. The molecule has 0 bridgehead atoms. The Bertz CT molecular complexity index is 1820. The SMILES string of the molecule is COc1ccc(C(=O)NCc2nnc(SCC(=O)N3N=C(c4cccs4)C[C@@H]3c3ccc(OC)cc3)n2CCc2ccccc2)cc1. The molecule has 1 aliphatic rings. The van der Waals surface area contributed by atoms with E-state index in [9.17, 15) is 9.59 Å². The molecule has 3 aromatic carbocycles. The van der Waals surface area contributed by atoms with Crippen LogP contribution in [0.15, 0.2) is 107 Å². The van der Waals surface area contributed by atoms with Gasteiger partial charge < -0.3 is 19.4 Å². The van der Waals surface area contributed by atoms with Gasteiger partial charge >= 0.3 is 0 Å². The van der Waals surface area contributed by atoms with Gasteiger partial charge in [0.15, 0.2) is 11.0 Å². The number of hydrogen-bond acceptors (Lipinski definition) is 9. The summed E-state index contributed by atoms with van der Waals surface area (Å²) in [6.07, 6.45) is 1.36. The molecule has 240 valence electrons. The number of carbonyl (C=O) groups is 2. The molecule has 0 spiro atoms. The molecule has 0 radical (unpaired) electrons. The molecule has 10 nitrogen and oxygen atoms in total. The maximum absolute atomic E-state index is 13.8. The van der Waals surface area contributed by atoms with E-state index in [0.29, 0.717) is 35.3 Å². The van der Waals surface area contributed by atoms with Gasteiger partial charge in [0.05, 0.1) is 43.1 Å². The lowest BCUT2D eigenvalue weighted by atomic mass is 10.0.